The standard InChI is InChI=1S/C23H22ClN3O5S/c1-16(21-8-3-4-9-22(21)28)25-26-23(29)15-27(18-7-5-6-17(24)14-18)33(30,31)20-12-10-19(32-2)11-13-20/h3-14,28H,15H2,1-2H3,(H,26,29)/b25-16-. The third-order valence-corrected chi connectivity index (χ3v) is 6.70. The van der Waals surface area contributed by atoms with Gasteiger partial charge >= 0.3 is 0 Å². The molecule has 0 bridgehead atoms. The third kappa shape index (κ3) is 5.82. The summed E-state index contributed by atoms with van der Waals surface area (Å²) in [4.78, 5) is 12.6. The average Bonchev–Trinajstić information content (AvgIpc) is 2.81. The number of rotatable bonds is 8. The summed E-state index contributed by atoms with van der Waals surface area (Å²) in [5, 5.41) is 14.2. The van der Waals surface area contributed by atoms with Crippen molar-refractivity contribution in [3.05, 3.63) is 83.4 Å². The summed E-state index contributed by atoms with van der Waals surface area (Å²) in [6, 6.07) is 18.5. The highest BCUT2D eigenvalue weighted by Crippen LogP contribution is 2.27. The van der Waals surface area contributed by atoms with Crippen LogP contribution in [-0.2, 0) is 14.8 Å². The fourth-order valence-electron chi connectivity index (χ4n) is 2.97. The minimum atomic E-state index is -4.12. The molecular formula is C23H22ClN3O5S. The summed E-state index contributed by atoms with van der Waals surface area (Å²) in [6.45, 7) is 1.06. The van der Waals surface area contributed by atoms with E-state index in [0.717, 1.165) is 4.31 Å². The van der Waals surface area contributed by atoms with E-state index in [-0.39, 0.29) is 16.3 Å². The van der Waals surface area contributed by atoms with E-state index >= 15 is 0 Å². The first kappa shape index (κ1) is 24.1. The summed E-state index contributed by atoms with van der Waals surface area (Å²) in [5.41, 5.74) is 3.36. The van der Waals surface area contributed by atoms with Crippen molar-refractivity contribution in [1.29, 1.82) is 0 Å². The number of phenolic OH excluding ortho intramolecular Hbond substituents is 1. The molecule has 2 N–H and O–H groups in total. The van der Waals surface area contributed by atoms with E-state index in [0.29, 0.717) is 22.0 Å². The van der Waals surface area contributed by atoms with Crippen LogP contribution in [0.5, 0.6) is 11.5 Å². The molecule has 0 radical (unpaired) electrons. The lowest BCUT2D eigenvalue weighted by Crippen LogP contribution is -2.39. The second-order valence-corrected chi connectivity index (χ2v) is 9.22. The normalized spacial score (nSPS) is 11.7. The molecule has 0 aliphatic carbocycles. The van der Waals surface area contributed by atoms with Crippen molar-refractivity contribution < 1.29 is 23.1 Å². The van der Waals surface area contributed by atoms with Gasteiger partial charge in [-0.25, -0.2) is 13.8 Å². The molecule has 0 aliphatic rings. The zero-order chi connectivity index (χ0) is 24.0. The quantitative estimate of drug-likeness (QED) is 0.371. The van der Waals surface area contributed by atoms with Crippen LogP contribution in [0.3, 0.4) is 0 Å². The van der Waals surface area contributed by atoms with Gasteiger partial charge < -0.3 is 9.84 Å². The number of carbonyl (C=O) groups is 1. The Balaban J connectivity index is 1.89. The Hall–Kier alpha value is -3.56. The Labute approximate surface area is 197 Å². The molecular weight excluding hydrogens is 466 g/mol. The average molecular weight is 488 g/mol. The van der Waals surface area contributed by atoms with Gasteiger partial charge in [0.15, 0.2) is 0 Å². The van der Waals surface area contributed by atoms with Gasteiger partial charge in [-0.15, -0.1) is 0 Å². The fourth-order valence-corrected chi connectivity index (χ4v) is 4.57. The number of nitrogens with zero attached hydrogens (tertiary/aromatic N) is 2. The van der Waals surface area contributed by atoms with Crippen LogP contribution < -0.4 is 14.5 Å². The van der Waals surface area contributed by atoms with E-state index in [9.17, 15) is 18.3 Å². The molecule has 0 saturated carbocycles. The number of phenols is 1. The van der Waals surface area contributed by atoms with Crippen molar-refractivity contribution in [3.8, 4) is 11.5 Å². The molecule has 0 unspecified atom stereocenters. The number of nitrogens with one attached hydrogen (secondary N) is 1. The number of halogens is 1. The number of carbonyl (C=O) groups excluding carboxylic acids is 1. The largest absolute Gasteiger partial charge is 0.507 e. The molecule has 0 aliphatic heterocycles. The molecule has 172 valence electrons. The number of para-hydroxylation sites is 1. The smallest absolute Gasteiger partial charge is 0.264 e. The lowest BCUT2D eigenvalue weighted by atomic mass is 10.1. The summed E-state index contributed by atoms with van der Waals surface area (Å²) >= 11 is 6.06. The van der Waals surface area contributed by atoms with E-state index in [1.807, 2.05) is 0 Å². The molecule has 33 heavy (non-hydrogen) atoms. The Bertz CT molecular complexity index is 1280. The number of aromatic hydroxyl groups is 1. The van der Waals surface area contributed by atoms with Gasteiger partial charge in [0, 0.05) is 10.6 Å². The lowest BCUT2D eigenvalue weighted by Gasteiger charge is -2.24. The number of benzene rings is 3. The monoisotopic (exact) mass is 487 g/mol. The summed E-state index contributed by atoms with van der Waals surface area (Å²) in [5.74, 6) is -0.174. The molecule has 0 atom stereocenters. The maximum Gasteiger partial charge on any atom is 0.264 e. The summed E-state index contributed by atoms with van der Waals surface area (Å²) in [7, 11) is -2.64. The second kappa shape index (κ2) is 10.4. The highest BCUT2D eigenvalue weighted by molar-refractivity contribution is 7.92. The Morgan fingerprint density at radius 3 is 2.42 bits per heavy atom. The predicted octanol–water partition coefficient (Wildman–Crippen LogP) is 3.79. The number of hydrogen-bond acceptors (Lipinski definition) is 6. The first-order chi connectivity index (χ1) is 15.7. The lowest BCUT2D eigenvalue weighted by molar-refractivity contribution is -0.119. The zero-order valence-corrected chi connectivity index (χ0v) is 19.5. The highest BCUT2D eigenvalue weighted by atomic mass is 35.5. The number of hydrazone groups is 1. The van der Waals surface area contributed by atoms with E-state index < -0.39 is 22.5 Å². The maximum atomic E-state index is 13.4. The molecule has 0 fully saturated rings. The number of sulfonamides is 1. The number of hydrogen-bond donors (Lipinski definition) is 2. The van der Waals surface area contributed by atoms with Gasteiger partial charge in [-0.1, -0.05) is 29.8 Å². The van der Waals surface area contributed by atoms with E-state index in [2.05, 4.69) is 10.5 Å². The zero-order valence-electron chi connectivity index (χ0n) is 17.9. The van der Waals surface area contributed by atoms with Crippen LogP contribution in [0.1, 0.15) is 12.5 Å². The molecule has 3 rings (SSSR count). The fraction of sp³-hybridized carbons (Fsp3) is 0.130. The third-order valence-electron chi connectivity index (χ3n) is 4.67. The summed E-state index contributed by atoms with van der Waals surface area (Å²) in [6.07, 6.45) is 0. The molecule has 0 spiro atoms. The molecule has 3 aromatic carbocycles. The van der Waals surface area contributed by atoms with Crippen LogP contribution in [0.15, 0.2) is 82.8 Å². The number of methoxy groups -OCH3 is 1. The molecule has 3 aromatic rings. The SMILES string of the molecule is COc1ccc(S(=O)(=O)N(CC(=O)N/N=C(/C)c2ccccc2O)c2cccc(Cl)c2)cc1. The minimum absolute atomic E-state index is 0.00985. The van der Waals surface area contributed by atoms with Crippen LogP contribution in [-0.4, -0.2) is 38.8 Å². The number of amides is 1. The van der Waals surface area contributed by atoms with Gasteiger partial charge in [-0.3, -0.25) is 9.10 Å². The molecule has 0 aromatic heterocycles. The van der Waals surface area contributed by atoms with Crippen molar-refractivity contribution in [3.63, 3.8) is 0 Å². The van der Waals surface area contributed by atoms with Crippen LogP contribution >= 0.6 is 11.6 Å². The van der Waals surface area contributed by atoms with E-state index in [1.165, 1.54) is 49.6 Å². The molecule has 10 heteroatoms. The Morgan fingerprint density at radius 2 is 1.79 bits per heavy atom. The summed E-state index contributed by atoms with van der Waals surface area (Å²) < 4.78 is 32.8. The van der Waals surface area contributed by atoms with Crippen LogP contribution in [0.2, 0.25) is 5.02 Å². The molecule has 0 heterocycles. The van der Waals surface area contributed by atoms with Gasteiger partial charge in [0.1, 0.15) is 18.0 Å². The van der Waals surface area contributed by atoms with Crippen molar-refractivity contribution >= 4 is 38.9 Å². The Morgan fingerprint density at radius 1 is 1.09 bits per heavy atom. The Kier molecular flexibility index (Phi) is 7.57. The van der Waals surface area contributed by atoms with Gasteiger partial charge in [-0.05, 0) is 61.5 Å². The van der Waals surface area contributed by atoms with Crippen molar-refractivity contribution in [2.45, 2.75) is 11.8 Å². The van der Waals surface area contributed by atoms with E-state index in [1.54, 1.807) is 37.3 Å². The second-order valence-electron chi connectivity index (χ2n) is 6.92. The molecule has 1 amide bonds. The van der Waals surface area contributed by atoms with Gasteiger partial charge in [0.25, 0.3) is 15.9 Å². The van der Waals surface area contributed by atoms with Crippen molar-refractivity contribution in [2.24, 2.45) is 5.10 Å². The van der Waals surface area contributed by atoms with Crippen molar-refractivity contribution in [1.82, 2.24) is 5.43 Å². The first-order valence-corrected chi connectivity index (χ1v) is 11.6. The van der Waals surface area contributed by atoms with E-state index in [4.69, 9.17) is 16.3 Å². The van der Waals surface area contributed by atoms with Gasteiger partial charge in [0.2, 0.25) is 0 Å². The van der Waals surface area contributed by atoms with Crippen molar-refractivity contribution in [2.75, 3.05) is 18.0 Å². The first-order valence-electron chi connectivity index (χ1n) is 9.76. The van der Waals surface area contributed by atoms with Crippen LogP contribution in [0.4, 0.5) is 5.69 Å². The number of ether oxygens (including phenoxy) is 1. The molecule has 8 nitrogen and oxygen atoms in total. The van der Waals surface area contributed by atoms with Crippen LogP contribution in [0, 0.1) is 0 Å². The number of anilines is 1. The van der Waals surface area contributed by atoms with Gasteiger partial charge in [0.05, 0.1) is 23.4 Å². The van der Waals surface area contributed by atoms with Crippen LogP contribution in [0.25, 0.3) is 0 Å². The maximum absolute atomic E-state index is 13.4. The highest BCUT2D eigenvalue weighted by Gasteiger charge is 2.27. The molecule has 0 saturated heterocycles. The van der Waals surface area contributed by atoms with Gasteiger partial charge in [-0.2, -0.15) is 5.10 Å². The minimum Gasteiger partial charge on any atom is -0.507 e. The predicted molar refractivity (Wildman–Crippen MR) is 127 cm³/mol. The topological polar surface area (TPSA) is 108 Å².